The van der Waals surface area contributed by atoms with Crippen LogP contribution in [0.1, 0.15) is 5.56 Å². The number of nitrogens with one attached hydrogen (secondary N) is 1. The highest BCUT2D eigenvalue weighted by atomic mass is 16.5. The van der Waals surface area contributed by atoms with Gasteiger partial charge in [0, 0.05) is 18.7 Å². The summed E-state index contributed by atoms with van der Waals surface area (Å²) >= 11 is 0. The van der Waals surface area contributed by atoms with Crippen molar-refractivity contribution in [3.63, 3.8) is 0 Å². The van der Waals surface area contributed by atoms with Crippen molar-refractivity contribution in [2.24, 2.45) is 0 Å². The predicted octanol–water partition coefficient (Wildman–Crippen LogP) is 1.50. The third-order valence-corrected chi connectivity index (χ3v) is 3.79. The summed E-state index contributed by atoms with van der Waals surface area (Å²) in [4.78, 5) is 0. The number of benzene rings is 2. The zero-order valence-electron chi connectivity index (χ0n) is 14.0. The number of hydrogen-bond donors (Lipinski definition) is 2. The fourth-order valence-corrected chi connectivity index (χ4v) is 2.55. The van der Waals surface area contributed by atoms with Gasteiger partial charge in [-0.05, 0) is 28.1 Å². The third-order valence-electron chi connectivity index (χ3n) is 3.79. The minimum absolute atomic E-state index is 0.322. The van der Waals surface area contributed by atoms with Crippen LogP contribution in [0.5, 0.6) is 5.75 Å². The second kappa shape index (κ2) is 8.36. The Labute approximate surface area is 146 Å². The summed E-state index contributed by atoms with van der Waals surface area (Å²) < 4.78 is 6.82. The van der Waals surface area contributed by atoms with E-state index in [4.69, 9.17) is 4.74 Å². The van der Waals surface area contributed by atoms with Gasteiger partial charge in [-0.2, -0.15) is 0 Å². The topological polar surface area (TPSA) is 85.1 Å². The number of aliphatic hydroxyl groups is 1. The molecule has 0 aliphatic carbocycles. The highest BCUT2D eigenvalue weighted by Gasteiger charge is 2.12. The zero-order chi connectivity index (χ0) is 17.5. The Morgan fingerprint density at radius 1 is 1.16 bits per heavy atom. The van der Waals surface area contributed by atoms with Crippen molar-refractivity contribution in [1.29, 1.82) is 0 Å². The van der Waals surface area contributed by atoms with Crippen LogP contribution >= 0.6 is 0 Å². The predicted molar refractivity (Wildman–Crippen MR) is 94.0 cm³/mol. The van der Waals surface area contributed by atoms with E-state index >= 15 is 0 Å². The van der Waals surface area contributed by atoms with Crippen molar-refractivity contribution in [3.05, 3.63) is 60.2 Å². The fraction of sp³-hybridized carbons (Fsp3) is 0.278. The average Bonchev–Trinajstić information content (AvgIpc) is 3.10. The van der Waals surface area contributed by atoms with E-state index < -0.39 is 6.10 Å². The van der Waals surface area contributed by atoms with Crippen LogP contribution in [-0.2, 0) is 13.1 Å². The maximum atomic E-state index is 10.3. The normalized spacial score (nSPS) is 12.1. The van der Waals surface area contributed by atoms with Gasteiger partial charge in [0.05, 0.1) is 19.8 Å². The van der Waals surface area contributed by atoms with Gasteiger partial charge in [0.1, 0.15) is 5.75 Å². The van der Waals surface area contributed by atoms with Crippen LogP contribution < -0.4 is 10.1 Å². The molecule has 0 saturated carbocycles. The van der Waals surface area contributed by atoms with Crippen LogP contribution in [0, 0.1) is 0 Å². The molecule has 1 unspecified atom stereocenters. The van der Waals surface area contributed by atoms with Crippen molar-refractivity contribution >= 4 is 0 Å². The molecule has 25 heavy (non-hydrogen) atoms. The molecule has 1 aromatic heterocycles. The van der Waals surface area contributed by atoms with E-state index in [0.717, 1.165) is 16.9 Å². The Morgan fingerprint density at radius 2 is 2.00 bits per heavy atom. The lowest BCUT2D eigenvalue weighted by molar-refractivity contribution is 0.146. The Bertz CT molecular complexity index is 791. The minimum Gasteiger partial charge on any atom is -0.497 e. The van der Waals surface area contributed by atoms with Crippen molar-refractivity contribution in [3.8, 4) is 17.1 Å². The van der Waals surface area contributed by atoms with E-state index in [9.17, 15) is 5.11 Å². The first-order valence-corrected chi connectivity index (χ1v) is 8.09. The Morgan fingerprint density at radius 3 is 2.80 bits per heavy atom. The molecule has 130 valence electrons. The summed E-state index contributed by atoms with van der Waals surface area (Å²) in [5, 5.41) is 25.2. The second-order valence-corrected chi connectivity index (χ2v) is 5.69. The highest BCUT2D eigenvalue weighted by molar-refractivity contribution is 5.53. The van der Waals surface area contributed by atoms with Gasteiger partial charge in [0.15, 0.2) is 5.82 Å². The third kappa shape index (κ3) is 4.62. The molecule has 2 N–H and O–H groups in total. The van der Waals surface area contributed by atoms with E-state index in [-0.39, 0.29) is 0 Å². The molecule has 7 nitrogen and oxygen atoms in total. The van der Waals surface area contributed by atoms with E-state index in [1.165, 1.54) is 0 Å². The summed E-state index contributed by atoms with van der Waals surface area (Å²) in [6, 6.07) is 17.5. The van der Waals surface area contributed by atoms with E-state index in [1.54, 1.807) is 11.8 Å². The first kappa shape index (κ1) is 17.1. The van der Waals surface area contributed by atoms with Crippen LogP contribution in [0.15, 0.2) is 54.6 Å². The van der Waals surface area contributed by atoms with Gasteiger partial charge in [-0.15, -0.1) is 5.10 Å². The first-order valence-electron chi connectivity index (χ1n) is 8.09. The molecule has 0 fully saturated rings. The van der Waals surface area contributed by atoms with Crippen LogP contribution in [0.3, 0.4) is 0 Å². The van der Waals surface area contributed by atoms with Gasteiger partial charge < -0.3 is 15.2 Å². The number of methoxy groups -OCH3 is 1. The summed E-state index contributed by atoms with van der Waals surface area (Å²) in [5.74, 6) is 1.47. The molecule has 3 rings (SSSR count). The zero-order valence-corrected chi connectivity index (χ0v) is 14.0. The van der Waals surface area contributed by atoms with Crippen molar-refractivity contribution < 1.29 is 9.84 Å². The van der Waals surface area contributed by atoms with Crippen LogP contribution in [-0.4, -0.2) is 45.1 Å². The van der Waals surface area contributed by atoms with Crippen molar-refractivity contribution in [2.75, 3.05) is 13.7 Å². The number of hydrogen-bond acceptors (Lipinski definition) is 6. The number of nitrogens with zero attached hydrogens (tertiary/aromatic N) is 4. The summed E-state index contributed by atoms with van der Waals surface area (Å²) in [6.07, 6.45) is -0.600. The second-order valence-electron chi connectivity index (χ2n) is 5.69. The molecule has 2 aromatic carbocycles. The van der Waals surface area contributed by atoms with Gasteiger partial charge in [-0.25, -0.2) is 4.68 Å². The Balaban J connectivity index is 1.53. The highest BCUT2D eigenvalue weighted by Crippen LogP contribution is 2.15. The Hall–Kier alpha value is -2.77. The molecular weight excluding hydrogens is 318 g/mol. The first-order chi connectivity index (χ1) is 12.3. The SMILES string of the molecule is COc1cccc(CNCC(O)Cn2nnnc2-c2ccccc2)c1. The van der Waals surface area contributed by atoms with Crippen molar-refractivity contribution in [1.82, 2.24) is 25.5 Å². The molecular formula is C18H21N5O2. The lowest BCUT2D eigenvalue weighted by atomic mass is 10.2. The molecule has 0 saturated heterocycles. The van der Waals surface area contributed by atoms with E-state index in [0.29, 0.717) is 25.5 Å². The summed E-state index contributed by atoms with van der Waals surface area (Å²) in [6.45, 7) is 1.41. The maximum absolute atomic E-state index is 10.3. The largest absolute Gasteiger partial charge is 0.497 e. The average molecular weight is 339 g/mol. The molecule has 0 spiro atoms. The van der Waals surface area contributed by atoms with Gasteiger partial charge in [0.25, 0.3) is 0 Å². The number of aromatic nitrogens is 4. The molecule has 1 atom stereocenters. The molecule has 0 bridgehead atoms. The molecule has 3 aromatic rings. The van der Waals surface area contributed by atoms with Gasteiger partial charge in [-0.3, -0.25) is 0 Å². The number of rotatable bonds is 8. The maximum Gasteiger partial charge on any atom is 0.182 e. The quantitative estimate of drug-likeness (QED) is 0.647. The molecule has 0 amide bonds. The van der Waals surface area contributed by atoms with Gasteiger partial charge >= 0.3 is 0 Å². The standard InChI is InChI=1S/C18H21N5O2/c1-25-17-9-5-6-14(10-17)11-19-12-16(24)13-23-18(20-21-22-23)15-7-3-2-4-8-15/h2-10,16,19,24H,11-13H2,1H3. The minimum atomic E-state index is -0.600. The van der Waals surface area contributed by atoms with Crippen LogP contribution in [0.25, 0.3) is 11.4 Å². The Kier molecular flexibility index (Phi) is 5.71. The molecule has 1 heterocycles. The van der Waals surface area contributed by atoms with E-state index in [1.807, 2.05) is 54.6 Å². The lowest BCUT2D eigenvalue weighted by Gasteiger charge is -2.13. The van der Waals surface area contributed by atoms with Gasteiger partial charge in [0.2, 0.25) is 0 Å². The molecule has 0 aliphatic heterocycles. The van der Waals surface area contributed by atoms with E-state index in [2.05, 4.69) is 20.8 Å². The summed E-state index contributed by atoms with van der Waals surface area (Å²) in [7, 11) is 1.65. The smallest absolute Gasteiger partial charge is 0.182 e. The molecule has 0 radical (unpaired) electrons. The monoisotopic (exact) mass is 339 g/mol. The fourth-order valence-electron chi connectivity index (χ4n) is 2.55. The van der Waals surface area contributed by atoms with Crippen molar-refractivity contribution in [2.45, 2.75) is 19.2 Å². The number of tetrazole rings is 1. The summed E-state index contributed by atoms with van der Waals surface area (Å²) in [5.41, 5.74) is 2.02. The number of ether oxygens (including phenoxy) is 1. The molecule has 7 heteroatoms. The molecule has 0 aliphatic rings. The number of aliphatic hydroxyl groups excluding tert-OH is 1. The lowest BCUT2D eigenvalue weighted by Crippen LogP contribution is -2.30. The van der Waals surface area contributed by atoms with Crippen LogP contribution in [0.2, 0.25) is 0 Å². The van der Waals surface area contributed by atoms with Gasteiger partial charge in [-0.1, -0.05) is 42.5 Å². The van der Waals surface area contributed by atoms with Crippen LogP contribution in [0.4, 0.5) is 0 Å².